The largest absolute Gasteiger partial charge is 0.277 e. The van der Waals surface area contributed by atoms with Crippen molar-refractivity contribution < 1.29 is 0 Å². The SMILES string of the molecule is C1=CC(c2[nH]ncc2-c2ccccc2)=CCC1. The first kappa shape index (κ1) is 10.1. The molecule has 1 aliphatic rings. The van der Waals surface area contributed by atoms with Crippen molar-refractivity contribution in [3.8, 4) is 11.1 Å². The van der Waals surface area contributed by atoms with Gasteiger partial charge in [-0.15, -0.1) is 0 Å². The summed E-state index contributed by atoms with van der Waals surface area (Å²) in [7, 11) is 0. The van der Waals surface area contributed by atoms with E-state index in [-0.39, 0.29) is 0 Å². The van der Waals surface area contributed by atoms with Crippen LogP contribution in [0.5, 0.6) is 0 Å². The minimum atomic E-state index is 1.11. The lowest BCUT2D eigenvalue weighted by Gasteiger charge is -2.07. The summed E-state index contributed by atoms with van der Waals surface area (Å²) in [5, 5.41) is 7.28. The van der Waals surface area contributed by atoms with Crippen LogP contribution in [-0.4, -0.2) is 10.2 Å². The Morgan fingerprint density at radius 3 is 2.71 bits per heavy atom. The molecule has 0 bridgehead atoms. The zero-order chi connectivity index (χ0) is 11.5. The van der Waals surface area contributed by atoms with Crippen molar-refractivity contribution in [2.75, 3.05) is 0 Å². The second-order valence-corrected chi connectivity index (χ2v) is 4.16. The van der Waals surface area contributed by atoms with E-state index < -0.39 is 0 Å². The van der Waals surface area contributed by atoms with Gasteiger partial charge in [0, 0.05) is 5.56 Å². The van der Waals surface area contributed by atoms with E-state index in [0.29, 0.717) is 0 Å². The third-order valence-corrected chi connectivity index (χ3v) is 3.01. The molecule has 0 fully saturated rings. The molecule has 2 aromatic rings. The van der Waals surface area contributed by atoms with Gasteiger partial charge in [-0.25, -0.2) is 0 Å². The summed E-state index contributed by atoms with van der Waals surface area (Å²) in [5.74, 6) is 0. The first-order valence-corrected chi connectivity index (χ1v) is 5.91. The normalized spacial score (nSPS) is 14.7. The molecule has 1 N–H and O–H groups in total. The summed E-state index contributed by atoms with van der Waals surface area (Å²) >= 11 is 0. The van der Waals surface area contributed by atoms with Crippen LogP contribution in [0, 0.1) is 0 Å². The predicted molar refractivity (Wildman–Crippen MR) is 70.4 cm³/mol. The van der Waals surface area contributed by atoms with Crippen LogP contribution in [0.1, 0.15) is 18.5 Å². The van der Waals surface area contributed by atoms with Crippen molar-refractivity contribution >= 4 is 5.57 Å². The standard InChI is InChI=1S/C15H14N2/c1-3-7-12(8-4-1)14-11-16-17-15(14)13-9-5-2-6-10-13/h1,3-5,7-11H,2,6H2,(H,16,17). The van der Waals surface area contributed by atoms with Crippen LogP contribution in [-0.2, 0) is 0 Å². The molecule has 1 aromatic carbocycles. The molecule has 2 heteroatoms. The van der Waals surface area contributed by atoms with Crippen molar-refractivity contribution in [2.24, 2.45) is 0 Å². The van der Waals surface area contributed by atoms with Crippen LogP contribution in [0.15, 0.2) is 54.8 Å². The molecule has 2 nitrogen and oxygen atoms in total. The maximum atomic E-state index is 4.17. The molecule has 0 amide bonds. The summed E-state index contributed by atoms with van der Waals surface area (Å²) in [6.07, 6.45) is 10.8. The summed E-state index contributed by atoms with van der Waals surface area (Å²) in [6, 6.07) is 10.4. The third kappa shape index (κ3) is 1.94. The zero-order valence-electron chi connectivity index (χ0n) is 9.56. The number of hydrogen-bond donors (Lipinski definition) is 1. The smallest absolute Gasteiger partial charge is 0.0725 e. The lowest BCUT2D eigenvalue weighted by molar-refractivity contribution is 1.03. The Labute approximate surface area is 101 Å². The van der Waals surface area contributed by atoms with Crippen molar-refractivity contribution in [1.29, 1.82) is 0 Å². The van der Waals surface area contributed by atoms with Gasteiger partial charge in [0.05, 0.1) is 11.9 Å². The fraction of sp³-hybridized carbons (Fsp3) is 0.133. The molecule has 84 valence electrons. The molecule has 17 heavy (non-hydrogen) atoms. The van der Waals surface area contributed by atoms with Crippen LogP contribution in [0.4, 0.5) is 0 Å². The maximum absolute atomic E-state index is 4.17. The molecule has 0 atom stereocenters. The van der Waals surface area contributed by atoms with Gasteiger partial charge in [0.2, 0.25) is 0 Å². The average molecular weight is 222 g/mol. The number of rotatable bonds is 2. The number of aromatic nitrogens is 2. The Balaban J connectivity index is 2.06. The number of nitrogens with one attached hydrogen (secondary N) is 1. The number of nitrogens with zero attached hydrogens (tertiary/aromatic N) is 1. The highest BCUT2D eigenvalue weighted by Crippen LogP contribution is 2.29. The van der Waals surface area contributed by atoms with E-state index in [1.807, 2.05) is 12.3 Å². The van der Waals surface area contributed by atoms with Gasteiger partial charge in [-0.2, -0.15) is 5.10 Å². The van der Waals surface area contributed by atoms with E-state index in [0.717, 1.165) is 18.5 Å². The Hall–Kier alpha value is -2.09. The highest BCUT2D eigenvalue weighted by molar-refractivity contribution is 5.83. The van der Waals surface area contributed by atoms with Crippen LogP contribution in [0.25, 0.3) is 16.7 Å². The van der Waals surface area contributed by atoms with Crippen molar-refractivity contribution in [2.45, 2.75) is 12.8 Å². The molecule has 0 spiro atoms. The quantitative estimate of drug-likeness (QED) is 0.822. The number of H-pyrrole nitrogens is 1. The third-order valence-electron chi connectivity index (χ3n) is 3.01. The molecule has 1 aromatic heterocycles. The van der Waals surface area contributed by atoms with Crippen LogP contribution < -0.4 is 0 Å². The summed E-state index contributed by atoms with van der Waals surface area (Å²) in [6.45, 7) is 0. The van der Waals surface area contributed by atoms with Crippen LogP contribution in [0.2, 0.25) is 0 Å². The topological polar surface area (TPSA) is 28.7 Å². The number of aromatic amines is 1. The first-order chi connectivity index (χ1) is 8.45. The molecule has 0 unspecified atom stereocenters. The first-order valence-electron chi connectivity index (χ1n) is 5.91. The van der Waals surface area contributed by atoms with Gasteiger partial charge in [0.15, 0.2) is 0 Å². The molecule has 3 rings (SSSR count). The van der Waals surface area contributed by atoms with Crippen LogP contribution in [0.3, 0.4) is 0 Å². The summed E-state index contributed by atoms with van der Waals surface area (Å²) < 4.78 is 0. The second kappa shape index (κ2) is 4.42. The second-order valence-electron chi connectivity index (χ2n) is 4.16. The van der Waals surface area contributed by atoms with Crippen LogP contribution >= 0.6 is 0 Å². The maximum Gasteiger partial charge on any atom is 0.0725 e. The fourth-order valence-corrected chi connectivity index (χ4v) is 2.14. The number of allylic oxidation sites excluding steroid dienone is 4. The van der Waals surface area contributed by atoms with Gasteiger partial charge < -0.3 is 0 Å². The van der Waals surface area contributed by atoms with E-state index in [9.17, 15) is 0 Å². The van der Waals surface area contributed by atoms with Gasteiger partial charge in [0.1, 0.15) is 0 Å². The molecule has 0 saturated heterocycles. The zero-order valence-corrected chi connectivity index (χ0v) is 9.56. The van der Waals surface area contributed by atoms with Gasteiger partial charge in [0.25, 0.3) is 0 Å². The number of hydrogen-bond acceptors (Lipinski definition) is 1. The number of benzene rings is 1. The van der Waals surface area contributed by atoms with Gasteiger partial charge in [-0.1, -0.05) is 48.6 Å². The van der Waals surface area contributed by atoms with Crippen molar-refractivity contribution in [1.82, 2.24) is 10.2 Å². The van der Waals surface area contributed by atoms with E-state index in [2.05, 4.69) is 52.7 Å². The molecule has 0 aliphatic heterocycles. The van der Waals surface area contributed by atoms with E-state index in [1.165, 1.54) is 16.7 Å². The average Bonchev–Trinajstić information content (AvgIpc) is 2.90. The van der Waals surface area contributed by atoms with Gasteiger partial charge in [-0.3, -0.25) is 5.10 Å². The Morgan fingerprint density at radius 1 is 1.06 bits per heavy atom. The fourth-order valence-electron chi connectivity index (χ4n) is 2.14. The minimum Gasteiger partial charge on any atom is -0.277 e. The highest BCUT2D eigenvalue weighted by Gasteiger charge is 2.10. The molecule has 0 saturated carbocycles. The Morgan fingerprint density at radius 2 is 1.94 bits per heavy atom. The van der Waals surface area contributed by atoms with E-state index in [4.69, 9.17) is 0 Å². The molecule has 1 heterocycles. The summed E-state index contributed by atoms with van der Waals surface area (Å²) in [4.78, 5) is 0. The Kier molecular flexibility index (Phi) is 2.62. The lowest BCUT2D eigenvalue weighted by atomic mass is 9.98. The van der Waals surface area contributed by atoms with Crippen molar-refractivity contribution in [3.05, 3.63) is 60.5 Å². The monoisotopic (exact) mass is 222 g/mol. The predicted octanol–water partition coefficient (Wildman–Crippen LogP) is 3.81. The molecular formula is C15H14N2. The van der Waals surface area contributed by atoms with Gasteiger partial charge >= 0.3 is 0 Å². The molecule has 1 aliphatic carbocycles. The molecule has 0 radical (unpaired) electrons. The highest BCUT2D eigenvalue weighted by atomic mass is 15.1. The lowest BCUT2D eigenvalue weighted by Crippen LogP contribution is -1.89. The van der Waals surface area contributed by atoms with Gasteiger partial charge in [-0.05, 0) is 24.0 Å². The minimum absolute atomic E-state index is 1.11. The van der Waals surface area contributed by atoms with Crippen molar-refractivity contribution in [3.63, 3.8) is 0 Å². The summed E-state index contributed by atoms with van der Waals surface area (Å²) in [5.41, 5.74) is 4.74. The Bertz CT molecular complexity index is 562. The molecular weight excluding hydrogens is 208 g/mol. The van der Waals surface area contributed by atoms with E-state index in [1.54, 1.807) is 0 Å². The van der Waals surface area contributed by atoms with E-state index >= 15 is 0 Å².